The summed E-state index contributed by atoms with van der Waals surface area (Å²) in [5.41, 5.74) is 4.80. The highest BCUT2D eigenvalue weighted by atomic mass is 16.5. The van der Waals surface area contributed by atoms with Crippen molar-refractivity contribution in [2.75, 3.05) is 0 Å². The van der Waals surface area contributed by atoms with E-state index >= 15 is 0 Å². The van der Waals surface area contributed by atoms with Crippen LogP contribution in [0.25, 0.3) is 15.7 Å². The molecular weight excluding hydrogens is 488 g/mol. The van der Waals surface area contributed by atoms with E-state index in [1.54, 1.807) is 36.5 Å². The maximum absolute atomic E-state index is 12.5. The molecule has 0 saturated carbocycles. The van der Waals surface area contributed by atoms with Gasteiger partial charge in [-0.15, -0.1) is 0 Å². The number of carbonyl (C=O) groups excluding carboxylic acids is 1. The van der Waals surface area contributed by atoms with Crippen LogP contribution in [0, 0.1) is 20.4 Å². The van der Waals surface area contributed by atoms with Crippen LogP contribution in [0.2, 0.25) is 0 Å². The molecule has 0 radical (unpaired) electrons. The van der Waals surface area contributed by atoms with Crippen molar-refractivity contribution in [2.45, 2.75) is 26.9 Å². The van der Waals surface area contributed by atoms with E-state index in [-0.39, 0.29) is 12.4 Å². The smallest absolute Gasteiger partial charge is 0.315 e. The van der Waals surface area contributed by atoms with Crippen molar-refractivity contribution in [3.8, 4) is 23.0 Å². The molecule has 0 amide bonds. The second kappa shape index (κ2) is 11.5. The molecule has 0 aliphatic heterocycles. The van der Waals surface area contributed by atoms with Crippen LogP contribution in [-0.2, 0) is 17.8 Å². The summed E-state index contributed by atoms with van der Waals surface area (Å²) in [6.07, 6.45) is 1.83. The number of carbonyl (C=O) groups is 1. The molecule has 5 aromatic rings. The summed E-state index contributed by atoms with van der Waals surface area (Å²) in [6, 6.07) is 27.9. The topological polar surface area (TPSA) is 62.0 Å². The zero-order valence-electron chi connectivity index (χ0n) is 21.7. The number of aromatic nitrogens is 1. The van der Waals surface area contributed by atoms with Gasteiger partial charge in [0, 0.05) is 11.6 Å². The molecule has 0 aliphatic rings. The average Bonchev–Trinajstić information content (AvgIpc) is 2.96. The van der Waals surface area contributed by atoms with Gasteiger partial charge in [-0.25, -0.2) is 4.85 Å². The lowest BCUT2D eigenvalue weighted by atomic mass is 10.00. The molecule has 192 valence electrons. The molecular formula is C33H26N2O4. The van der Waals surface area contributed by atoms with Gasteiger partial charge in [0.1, 0.15) is 29.6 Å². The highest BCUT2D eigenvalue weighted by Crippen LogP contribution is 2.38. The lowest BCUT2D eigenvalue weighted by Crippen LogP contribution is -2.12. The molecule has 39 heavy (non-hydrogen) atoms. The van der Waals surface area contributed by atoms with Crippen molar-refractivity contribution < 1.29 is 19.0 Å². The molecule has 6 nitrogen and oxygen atoms in total. The lowest BCUT2D eigenvalue weighted by Gasteiger charge is -2.16. The van der Waals surface area contributed by atoms with Gasteiger partial charge in [0.25, 0.3) is 0 Å². The van der Waals surface area contributed by atoms with Crippen LogP contribution in [0.4, 0.5) is 5.69 Å². The number of hydrogen-bond acceptors (Lipinski definition) is 5. The fraction of sp³-hybridized carbons (Fsp3) is 0.121. The molecule has 1 aromatic heterocycles. The third kappa shape index (κ3) is 5.89. The molecule has 6 heteroatoms. The Kier molecular flexibility index (Phi) is 7.51. The van der Waals surface area contributed by atoms with Crippen LogP contribution >= 0.6 is 0 Å². The standard InChI is InChI=1S/C33H26N2O4/c1-22-23(2)30(15-14-25(22)18-33(36)38-26-12-8-5-9-13-26)39-31-16-17-35-28-20-32(29(34-3)19-27(28)31)37-21-24-10-6-4-7-11-24/h4-17,19-20H,18,21H2,1-2H3. The minimum atomic E-state index is -0.325. The van der Waals surface area contributed by atoms with E-state index < -0.39 is 0 Å². The van der Waals surface area contributed by atoms with Crippen molar-refractivity contribution in [3.63, 3.8) is 0 Å². The van der Waals surface area contributed by atoms with E-state index in [2.05, 4.69) is 9.83 Å². The Morgan fingerprint density at radius 2 is 1.59 bits per heavy atom. The largest absolute Gasteiger partial charge is 0.500 e. The summed E-state index contributed by atoms with van der Waals surface area (Å²) in [7, 11) is 0. The maximum Gasteiger partial charge on any atom is 0.315 e. The van der Waals surface area contributed by atoms with Crippen LogP contribution in [0.3, 0.4) is 0 Å². The first kappa shape index (κ1) is 25.5. The number of ether oxygens (including phenoxy) is 3. The molecule has 0 bridgehead atoms. The summed E-state index contributed by atoms with van der Waals surface area (Å²) in [5.74, 6) is 1.92. The second-order valence-electron chi connectivity index (χ2n) is 9.07. The Morgan fingerprint density at radius 1 is 0.846 bits per heavy atom. The van der Waals surface area contributed by atoms with Crippen LogP contribution in [0.5, 0.6) is 23.0 Å². The van der Waals surface area contributed by atoms with Crippen molar-refractivity contribution in [2.24, 2.45) is 0 Å². The summed E-state index contributed by atoms with van der Waals surface area (Å²) < 4.78 is 17.7. The summed E-state index contributed by atoms with van der Waals surface area (Å²) in [6.45, 7) is 12.0. The van der Waals surface area contributed by atoms with Crippen molar-refractivity contribution in [3.05, 3.63) is 131 Å². The van der Waals surface area contributed by atoms with Crippen LogP contribution in [-0.4, -0.2) is 11.0 Å². The van der Waals surface area contributed by atoms with Gasteiger partial charge in [-0.05, 0) is 72.5 Å². The Labute approximate surface area is 227 Å². The third-order valence-electron chi connectivity index (χ3n) is 6.52. The van der Waals surface area contributed by atoms with Crippen LogP contribution in [0.1, 0.15) is 22.3 Å². The molecule has 4 aromatic carbocycles. The quantitative estimate of drug-likeness (QED) is 0.120. The number of rotatable bonds is 8. The summed E-state index contributed by atoms with van der Waals surface area (Å²) in [4.78, 5) is 20.6. The van der Waals surface area contributed by atoms with Crippen molar-refractivity contribution in [1.82, 2.24) is 4.98 Å². The van der Waals surface area contributed by atoms with E-state index in [1.165, 1.54) is 0 Å². The SMILES string of the molecule is [C-]#[N+]c1cc2c(Oc3ccc(CC(=O)Oc4ccccc4)c(C)c3C)ccnc2cc1OCc1ccccc1. The van der Waals surface area contributed by atoms with Gasteiger partial charge in [0.15, 0.2) is 0 Å². The molecule has 0 unspecified atom stereocenters. The van der Waals surface area contributed by atoms with Crippen molar-refractivity contribution in [1.29, 1.82) is 0 Å². The van der Waals surface area contributed by atoms with E-state index in [0.29, 0.717) is 46.2 Å². The van der Waals surface area contributed by atoms with E-state index in [1.807, 2.05) is 74.5 Å². The Morgan fingerprint density at radius 3 is 2.33 bits per heavy atom. The molecule has 1 heterocycles. The first-order chi connectivity index (χ1) is 19.0. The zero-order chi connectivity index (χ0) is 27.2. The molecule has 0 aliphatic carbocycles. The highest BCUT2D eigenvalue weighted by Gasteiger charge is 2.16. The first-order valence-electron chi connectivity index (χ1n) is 12.5. The summed E-state index contributed by atoms with van der Waals surface area (Å²) in [5, 5.41) is 0.711. The number of pyridine rings is 1. The van der Waals surface area contributed by atoms with Gasteiger partial charge in [-0.1, -0.05) is 54.6 Å². The molecule has 0 spiro atoms. The predicted octanol–water partition coefficient (Wildman–Crippen LogP) is 7.92. The number of nitrogens with zero attached hydrogens (tertiary/aromatic N) is 2. The van der Waals surface area contributed by atoms with Crippen LogP contribution in [0.15, 0.2) is 97.2 Å². The normalized spacial score (nSPS) is 10.6. The Balaban J connectivity index is 1.37. The molecule has 5 rings (SSSR count). The number of fused-ring (bicyclic) bond motifs is 1. The molecule has 0 saturated heterocycles. The fourth-order valence-corrected chi connectivity index (χ4v) is 4.25. The highest BCUT2D eigenvalue weighted by molar-refractivity contribution is 5.91. The monoisotopic (exact) mass is 514 g/mol. The number of para-hydroxylation sites is 1. The molecule has 0 N–H and O–H groups in total. The van der Waals surface area contributed by atoms with E-state index in [0.717, 1.165) is 22.3 Å². The zero-order valence-corrected chi connectivity index (χ0v) is 21.7. The van der Waals surface area contributed by atoms with Crippen LogP contribution < -0.4 is 14.2 Å². The molecule has 0 atom stereocenters. The third-order valence-corrected chi connectivity index (χ3v) is 6.52. The Hall–Kier alpha value is -5.15. The number of hydrogen-bond donors (Lipinski definition) is 0. The van der Waals surface area contributed by atoms with Gasteiger partial charge in [0.2, 0.25) is 5.69 Å². The number of benzene rings is 4. The van der Waals surface area contributed by atoms with E-state index in [9.17, 15) is 4.79 Å². The minimum Gasteiger partial charge on any atom is -0.500 e. The summed E-state index contributed by atoms with van der Waals surface area (Å²) >= 11 is 0. The van der Waals surface area contributed by atoms with Gasteiger partial charge in [-0.3, -0.25) is 9.78 Å². The van der Waals surface area contributed by atoms with Gasteiger partial charge in [-0.2, -0.15) is 0 Å². The average molecular weight is 515 g/mol. The fourth-order valence-electron chi connectivity index (χ4n) is 4.25. The van der Waals surface area contributed by atoms with Gasteiger partial charge < -0.3 is 14.2 Å². The van der Waals surface area contributed by atoms with E-state index in [4.69, 9.17) is 20.8 Å². The number of esters is 1. The minimum absolute atomic E-state index is 0.153. The van der Waals surface area contributed by atoms with Crippen molar-refractivity contribution >= 4 is 22.6 Å². The lowest BCUT2D eigenvalue weighted by molar-refractivity contribution is -0.133. The van der Waals surface area contributed by atoms with Gasteiger partial charge in [0.05, 0.1) is 18.5 Å². The second-order valence-corrected chi connectivity index (χ2v) is 9.07. The maximum atomic E-state index is 12.5. The van der Waals surface area contributed by atoms with Gasteiger partial charge >= 0.3 is 5.97 Å². The first-order valence-corrected chi connectivity index (χ1v) is 12.5. The predicted molar refractivity (Wildman–Crippen MR) is 151 cm³/mol. The molecule has 0 fully saturated rings. The Bertz CT molecular complexity index is 1680.